The van der Waals surface area contributed by atoms with Crippen molar-refractivity contribution in [1.82, 2.24) is 15.5 Å². The Hall–Kier alpha value is -2.11. The number of benzene rings is 1. The maximum atomic E-state index is 12.2. The third-order valence-electron chi connectivity index (χ3n) is 4.30. The molecule has 2 N–H and O–H groups in total. The van der Waals surface area contributed by atoms with Crippen molar-refractivity contribution in [3.8, 4) is 6.07 Å². The number of carbonyl (C=O) groups excluding carboxylic acids is 1. The monoisotopic (exact) mass is 387 g/mol. The van der Waals surface area contributed by atoms with Crippen molar-refractivity contribution in [2.75, 3.05) is 11.1 Å². The molecule has 1 amide bonds. The fourth-order valence-electron chi connectivity index (χ4n) is 3.02. The Labute approximate surface area is 161 Å². The van der Waals surface area contributed by atoms with E-state index in [1.54, 1.807) is 0 Å². The highest BCUT2D eigenvalue weighted by molar-refractivity contribution is 8.01. The highest BCUT2D eigenvalue weighted by Crippen LogP contribution is 2.30. The molecule has 0 saturated heterocycles. The molecule has 0 aliphatic heterocycles. The zero-order valence-corrected chi connectivity index (χ0v) is 16.3. The molecule has 3 rings (SSSR count). The van der Waals surface area contributed by atoms with Gasteiger partial charge in [0.15, 0.2) is 4.34 Å². The number of nitrogens with one attached hydrogen (secondary N) is 2. The van der Waals surface area contributed by atoms with Gasteiger partial charge >= 0.3 is 0 Å². The van der Waals surface area contributed by atoms with E-state index in [0.717, 1.165) is 42.1 Å². The average molecular weight is 388 g/mol. The Bertz CT molecular complexity index is 808. The molecule has 136 valence electrons. The number of carbonyl (C=O) groups is 1. The molecule has 0 atom stereocenters. The van der Waals surface area contributed by atoms with Crippen molar-refractivity contribution in [3.63, 3.8) is 0 Å². The molecule has 1 aromatic carbocycles. The predicted molar refractivity (Wildman–Crippen MR) is 105 cm³/mol. The van der Waals surface area contributed by atoms with Crippen LogP contribution in [0.25, 0.3) is 0 Å². The third-order valence-corrected chi connectivity index (χ3v) is 6.27. The van der Waals surface area contributed by atoms with Gasteiger partial charge in [-0.2, -0.15) is 5.26 Å². The summed E-state index contributed by atoms with van der Waals surface area (Å²) in [5.74, 6) is 0.115. The van der Waals surface area contributed by atoms with Gasteiger partial charge in [0.2, 0.25) is 11.0 Å². The van der Waals surface area contributed by atoms with Crippen LogP contribution in [0.15, 0.2) is 28.6 Å². The van der Waals surface area contributed by atoms with Crippen molar-refractivity contribution in [2.24, 2.45) is 0 Å². The van der Waals surface area contributed by atoms with Gasteiger partial charge in [0, 0.05) is 5.69 Å². The van der Waals surface area contributed by atoms with E-state index in [2.05, 4.69) is 26.9 Å². The Balaban J connectivity index is 1.51. The van der Waals surface area contributed by atoms with Gasteiger partial charge in [0.05, 0.1) is 11.8 Å². The molecule has 1 aliphatic carbocycles. The second-order valence-electron chi connectivity index (χ2n) is 6.46. The SMILES string of the molecule is Cc1cccc(Nc2nnc(SCC(=O)NC3(C#N)CCCCC3)s2)c1. The molecule has 1 fully saturated rings. The summed E-state index contributed by atoms with van der Waals surface area (Å²) in [6.45, 7) is 2.03. The van der Waals surface area contributed by atoms with E-state index in [4.69, 9.17) is 0 Å². The summed E-state index contributed by atoms with van der Waals surface area (Å²) in [5, 5.41) is 24.5. The maximum absolute atomic E-state index is 12.2. The molecule has 2 aromatic rings. The van der Waals surface area contributed by atoms with E-state index >= 15 is 0 Å². The summed E-state index contributed by atoms with van der Waals surface area (Å²) in [7, 11) is 0. The molecular formula is C18H21N5OS2. The van der Waals surface area contributed by atoms with E-state index in [0.29, 0.717) is 5.13 Å². The van der Waals surface area contributed by atoms with Crippen LogP contribution in [0.3, 0.4) is 0 Å². The first kappa shape index (κ1) is 18.7. The predicted octanol–water partition coefficient (Wildman–Crippen LogP) is 4.02. The number of rotatable bonds is 6. The lowest BCUT2D eigenvalue weighted by molar-refractivity contribution is -0.120. The number of hydrogen-bond donors (Lipinski definition) is 2. The molecule has 0 unspecified atom stereocenters. The number of nitrogens with zero attached hydrogens (tertiary/aromatic N) is 3. The van der Waals surface area contributed by atoms with Crippen molar-refractivity contribution >= 4 is 39.8 Å². The smallest absolute Gasteiger partial charge is 0.231 e. The minimum Gasteiger partial charge on any atom is -0.337 e. The van der Waals surface area contributed by atoms with Gasteiger partial charge < -0.3 is 10.6 Å². The molecule has 0 spiro atoms. The Morgan fingerprint density at radius 2 is 2.15 bits per heavy atom. The summed E-state index contributed by atoms with van der Waals surface area (Å²) < 4.78 is 0.727. The van der Waals surface area contributed by atoms with E-state index < -0.39 is 5.54 Å². The van der Waals surface area contributed by atoms with Crippen molar-refractivity contribution in [3.05, 3.63) is 29.8 Å². The lowest BCUT2D eigenvalue weighted by Gasteiger charge is -2.31. The molecule has 26 heavy (non-hydrogen) atoms. The fraction of sp³-hybridized carbons (Fsp3) is 0.444. The zero-order chi connectivity index (χ0) is 18.4. The number of aromatic nitrogens is 2. The number of aryl methyl sites for hydroxylation is 1. The molecular weight excluding hydrogens is 366 g/mol. The Morgan fingerprint density at radius 3 is 2.88 bits per heavy atom. The minimum absolute atomic E-state index is 0.123. The number of thioether (sulfide) groups is 1. The summed E-state index contributed by atoms with van der Waals surface area (Å²) in [6.07, 6.45) is 4.60. The zero-order valence-electron chi connectivity index (χ0n) is 14.6. The van der Waals surface area contributed by atoms with Gasteiger partial charge in [-0.3, -0.25) is 4.79 Å². The topological polar surface area (TPSA) is 90.7 Å². The van der Waals surface area contributed by atoms with Crippen molar-refractivity contribution in [2.45, 2.75) is 48.9 Å². The number of hydrogen-bond acceptors (Lipinski definition) is 7. The molecule has 1 heterocycles. The van der Waals surface area contributed by atoms with Crippen LogP contribution in [0, 0.1) is 18.3 Å². The van der Waals surface area contributed by atoms with Crippen LogP contribution in [-0.4, -0.2) is 27.4 Å². The fourth-order valence-corrected chi connectivity index (χ4v) is 4.59. The van der Waals surface area contributed by atoms with Crippen LogP contribution < -0.4 is 10.6 Å². The van der Waals surface area contributed by atoms with E-state index in [-0.39, 0.29) is 11.7 Å². The molecule has 8 heteroatoms. The minimum atomic E-state index is -0.686. The molecule has 1 aromatic heterocycles. The highest BCUT2D eigenvalue weighted by Gasteiger charge is 2.33. The summed E-state index contributed by atoms with van der Waals surface area (Å²) in [4.78, 5) is 12.2. The van der Waals surface area contributed by atoms with Crippen LogP contribution in [0.5, 0.6) is 0 Å². The van der Waals surface area contributed by atoms with Crippen LogP contribution in [0.4, 0.5) is 10.8 Å². The van der Waals surface area contributed by atoms with Crippen molar-refractivity contribution < 1.29 is 4.79 Å². The second-order valence-corrected chi connectivity index (χ2v) is 8.66. The van der Waals surface area contributed by atoms with Gasteiger partial charge in [0.1, 0.15) is 5.54 Å². The van der Waals surface area contributed by atoms with Crippen molar-refractivity contribution in [1.29, 1.82) is 5.26 Å². The van der Waals surface area contributed by atoms with Gasteiger partial charge in [-0.25, -0.2) is 0 Å². The third kappa shape index (κ3) is 4.96. The maximum Gasteiger partial charge on any atom is 0.231 e. The van der Waals surface area contributed by atoms with E-state index in [9.17, 15) is 10.1 Å². The standard InChI is InChI=1S/C18H21N5OS2/c1-13-6-5-7-14(10-13)20-16-22-23-17(26-16)25-11-15(24)21-18(12-19)8-3-2-4-9-18/h5-7,10H,2-4,8-9,11H2,1H3,(H,20,22)(H,21,24). The van der Waals surface area contributed by atoms with Crippen LogP contribution in [-0.2, 0) is 4.79 Å². The first-order valence-corrected chi connectivity index (χ1v) is 10.4. The lowest BCUT2D eigenvalue weighted by atomic mass is 9.83. The number of nitriles is 1. The normalized spacial score (nSPS) is 15.8. The quantitative estimate of drug-likeness (QED) is 0.728. The highest BCUT2D eigenvalue weighted by atomic mass is 32.2. The van der Waals surface area contributed by atoms with Crippen LogP contribution in [0.1, 0.15) is 37.7 Å². The van der Waals surface area contributed by atoms with E-state index in [1.807, 2.05) is 31.2 Å². The van der Waals surface area contributed by atoms with Gasteiger partial charge in [-0.05, 0) is 37.5 Å². The largest absolute Gasteiger partial charge is 0.337 e. The van der Waals surface area contributed by atoms with Crippen LogP contribution in [0.2, 0.25) is 0 Å². The first-order valence-electron chi connectivity index (χ1n) is 8.61. The van der Waals surface area contributed by atoms with E-state index in [1.165, 1.54) is 28.7 Å². The summed E-state index contributed by atoms with van der Waals surface area (Å²) in [5.41, 5.74) is 1.44. The molecule has 1 saturated carbocycles. The molecule has 0 radical (unpaired) electrons. The number of amides is 1. The number of anilines is 2. The molecule has 6 nitrogen and oxygen atoms in total. The van der Waals surface area contributed by atoms with Gasteiger partial charge in [0.25, 0.3) is 0 Å². The average Bonchev–Trinajstić information content (AvgIpc) is 3.08. The Kier molecular flexibility index (Phi) is 6.12. The second kappa shape index (κ2) is 8.52. The molecule has 1 aliphatic rings. The van der Waals surface area contributed by atoms with Gasteiger partial charge in [-0.15, -0.1) is 10.2 Å². The lowest BCUT2D eigenvalue weighted by Crippen LogP contribution is -2.49. The van der Waals surface area contributed by atoms with Gasteiger partial charge in [-0.1, -0.05) is 54.5 Å². The summed E-state index contributed by atoms with van der Waals surface area (Å²) in [6, 6.07) is 10.3. The first-order chi connectivity index (χ1) is 12.6. The summed E-state index contributed by atoms with van der Waals surface area (Å²) >= 11 is 2.76. The Morgan fingerprint density at radius 1 is 1.35 bits per heavy atom. The molecule has 0 bridgehead atoms. The van der Waals surface area contributed by atoms with Crippen LogP contribution >= 0.6 is 23.1 Å².